The van der Waals surface area contributed by atoms with Gasteiger partial charge in [0.15, 0.2) is 17.6 Å². The standard InChI is InChI=1S/C20H19FN6O3.C20H17FN6O2.C8H18N2O4S/c1-23-20(29)13-10-25-17(27-16-7-6-11(21)9-24-16)8-15(13)26-14-5-3-4-12(19(22)28)18(14)30-2;1-23-20(28)14-11-25-18(27-17-7-6-13(21)10-24-17)8-16(14)26-15-5-3-4-12(9-22)19(15)29-2;1-5-10(6-2,7-3)15(12,13)9-8(11)14-4/h3-10H,1-2H3,(H2,22,28)(H,23,29)(H2,24,25,26,27);3-8,10-11H,1-2H3,(H,23,28)(H2,24,25,26,27);5-7H2,1-4H3. The molecule has 0 aliphatic carbocycles. The molecule has 0 radical (unpaired) electrons. The zero-order chi connectivity index (χ0) is 54.6. The number of pyridine rings is 4. The molecule has 3 amide bonds. The second-order valence-corrected chi connectivity index (χ2v) is 16.7. The molecule has 4 aromatic heterocycles. The molecular formula is C48H54F2N14O9S. The van der Waals surface area contributed by atoms with Crippen molar-refractivity contribution in [3.05, 3.63) is 131 Å². The fraction of sp³-hybridized carbons (Fsp3) is 0.229. The zero-order valence-corrected chi connectivity index (χ0v) is 42.2. The number of primary amides is 1. The monoisotopic (exact) mass is 1040 g/mol. The SMILES string of the molecule is CC[N+](CC)(CC)S(=O)(=O)N=C([O-])OC.CNC(=O)c1cnc(Nc2ccc(F)cn2)cc1Nc1cccc(C#N)c1OC.CNC(=O)c1cnc(Nc2ccc(F)cn2)cc1Nc1cccc(C(N)=O)c1OC. The Hall–Kier alpha value is -9.22. The molecule has 6 aromatic rings. The molecule has 0 atom stereocenters. The van der Waals surface area contributed by atoms with Gasteiger partial charge in [-0.3, -0.25) is 14.4 Å². The van der Waals surface area contributed by atoms with E-state index in [0.29, 0.717) is 77.0 Å². The molecule has 26 heteroatoms. The van der Waals surface area contributed by atoms with E-state index < -0.39 is 33.8 Å². The van der Waals surface area contributed by atoms with Gasteiger partial charge in [-0.1, -0.05) is 16.5 Å². The number of quaternary nitrogens is 1. The van der Waals surface area contributed by atoms with E-state index in [-0.39, 0.29) is 38.1 Å². The Morgan fingerprint density at radius 2 is 1.11 bits per heavy atom. The van der Waals surface area contributed by atoms with Crippen LogP contribution in [-0.4, -0.2) is 111 Å². The Labute approximate surface area is 425 Å². The van der Waals surface area contributed by atoms with Crippen molar-refractivity contribution in [2.75, 3.05) is 76.3 Å². The molecule has 23 nitrogen and oxygen atoms in total. The summed E-state index contributed by atoms with van der Waals surface area (Å²) in [6.45, 7) is 6.35. The molecule has 8 N–H and O–H groups in total. The highest BCUT2D eigenvalue weighted by Crippen LogP contribution is 2.35. The average Bonchev–Trinajstić information content (AvgIpc) is 3.40. The molecule has 4 heterocycles. The summed E-state index contributed by atoms with van der Waals surface area (Å²) >= 11 is 0. The van der Waals surface area contributed by atoms with Crippen LogP contribution >= 0.6 is 0 Å². The van der Waals surface area contributed by atoms with Gasteiger partial charge in [0, 0.05) is 38.6 Å². The van der Waals surface area contributed by atoms with Crippen LogP contribution in [-0.2, 0) is 14.9 Å². The minimum Gasteiger partial charge on any atom is -0.603 e. The number of hydrogen-bond donors (Lipinski definition) is 7. The first kappa shape index (κ1) is 57.4. The van der Waals surface area contributed by atoms with Crippen LogP contribution < -0.4 is 52.2 Å². The average molecular weight is 1040 g/mol. The summed E-state index contributed by atoms with van der Waals surface area (Å²) in [4.78, 5) is 52.5. The molecule has 2 aromatic carbocycles. The van der Waals surface area contributed by atoms with E-state index in [4.69, 9.17) is 15.2 Å². The number of para-hydroxylation sites is 2. The van der Waals surface area contributed by atoms with E-state index in [9.17, 15) is 42.0 Å². The fourth-order valence-corrected chi connectivity index (χ4v) is 8.12. The zero-order valence-electron chi connectivity index (χ0n) is 41.4. The number of carbonyl (C=O) groups excluding carboxylic acids is 3. The van der Waals surface area contributed by atoms with Gasteiger partial charge in [0.05, 0.1) is 91.3 Å². The van der Waals surface area contributed by atoms with E-state index >= 15 is 0 Å². The Morgan fingerprint density at radius 3 is 1.49 bits per heavy atom. The molecule has 390 valence electrons. The number of rotatable bonds is 18. The number of nitrogens with two attached hydrogens (primary N) is 1. The number of ether oxygens (including phenoxy) is 3. The minimum absolute atomic E-state index is 0.187. The van der Waals surface area contributed by atoms with Gasteiger partial charge in [-0.25, -0.2) is 28.7 Å². The minimum atomic E-state index is -3.86. The van der Waals surface area contributed by atoms with Crippen LogP contribution in [0.4, 0.5) is 54.8 Å². The fourth-order valence-electron chi connectivity index (χ4n) is 6.71. The Kier molecular flexibility index (Phi) is 20.8. The molecule has 6 rings (SSSR count). The van der Waals surface area contributed by atoms with Crippen molar-refractivity contribution in [1.29, 1.82) is 5.26 Å². The van der Waals surface area contributed by atoms with E-state index in [2.05, 4.69) is 67.0 Å². The van der Waals surface area contributed by atoms with Crippen molar-refractivity contribution >= 4 is 80.0 Å². The van der Waals surface area contributed by atoms with Crippen molar-refractivity contribution in [2.45, 2.75) is 20.8 Å². The van der Waals surface area contributed by atoms with Gasteiger partial charge in [0.25, 0.3) is 17.7 Å². The summed E-state index contributed by atoms with van der Waals surface area (Å²) < 4.78 is 67.5. The first-order valence-corrected chi connectivity index (χ1v) is 23.5. The summed E-state index contributed by atoms with van der Waals surface area (Å²) in [6, 6.07) is 20.6. The molecular weight excluding hydrogens is 987 g/mol. The van der Waals surface area contributed by atoms with Crippen LogP contribution in [0.1, 0.15) is 57.4 Å². The third kappa shape index (κ3) is 14.7. The second kappa shape index (κ2) is 26.8. The first-order chi connectivity index (χ1) is 35.4. The molecule has 0 spiro atoms. The number of hydrogen-bond acceptors (Lipinski definition) is 18. The van der Waals surface area contributed by atoms with Crippen LogP contribution in [0, 0.1) is 23.0 Å². The summed E-state index contributed by atoms with van der Waals surface area (Å²) in [5, 5.41) is 37.3. The Morgan fingerprint density at radius 1 is 0.662 bits per heavy atom. The number of nitrogens with one attached hydrogen (secondary N) is 6. The highest BCUT2D eigenvalue weighted by Gasteiger charge is 2.37. The van der Waals surface area contributed by atoms with Gasteiger partial charge in [0.2, 0.25) is 0 Å². The summed E-state index contributed by atoms with van der Waals surface area (Å²) in [5.41, 5.74) is 8.23. The number of amides is 3. The van der Waals surface area contributed by atoms with Gasteiger partial charge < -0.3 is 57.0 Å². The van der Waals surface area contributed by atoms with E-state index in [1.807, 2.05) is 0 Å². The lowest BCUT2D eigenvalue weighted by atomic mass is 10.1. The first-order valence-electron chi connectivity index (χ1n) is 22.1. The number of methoxy groups -OCH3 is 3. The van der Waals surface area contributed by atoms with E-state index in [1.54, 1.807) is 63.2 Å². The summed E-state index contributed by atoms with van der Waals surface area (Å²) in [7, 11) is 3.11. The third-order valence-corrected chi connectivity index (χ3v) is 12.8. The molecule has 0 aliphatic rings. The summed E-state index contributed by atoms with van der Waals surface area (Å²) in [6.07, 6.45) is 3.84. The Balaban J connectivity index is 0.000000255. The number of carbonyl (C=O) groups is 3. The highest BCUT2D eigenvalue weighted by molar-refractivity contribution is 7.84. The smallest absolute Gasteiger partial charge is 0.416 e. The summed E-state index contributed by atoms with van der Waals surface area (Å²) in [5.74, 6) is -0.201. The normalized spacial score (nSPS) is 10.9. The van der Waals surface area contributed by atoms with Crippen molar-refractivity contribution in [3.8, 4) is 17.6 Å². The van der Waals surface area contributed by atoms with Crippen LogP contribution in [0.2, 0.25) is 0 Å². The second-order valence-electron chi connectivity index (χ2n) is 14.9. The van der Waals surface area contributed by atoms with Crippen LogP contribution in [0.15, 0.2) is 102 Å². The van der Waals surface area contributed by atoms with Crippen molar-refractivity contribution in [2.24, 2.45) is 10.1 Å². The maximum atomic E-state index is 13.1. The lowest BCUT2D eigenvalue weighted by molar-refractivity contribution is -0.800. The maximum Gasteiger partial charge on any atom is 0.416 e. The van der Waals surface area contributed by atoms with Crippen molar-refractivity contribution in [3.63, 3.8) is 0 Å². The molecule has 74 heavy (non-hydrogen) atoms. The van der Waals surface area contributed by atoms with Gasteiger partial charge in [0.1, 0.15) is 41.0 Å². The number of nitrogens with zero attached hydrogens (tertiary/aromatic N) is 7. The van der Waals surface area contributed by atoms with Gasteiger partial charge in [-0.2, -0.15) is 9.15 Å². The lowest BCUT2D eigenvalue weighted by Gasteiger charge is -2.31. The molecule has 0 bridgehead atoms. The van der Waals surface area contributed by atoms with Gasteiger partial charge in [-0.15, -0.1) is 8.42 Å². The molecule has 0 aliphatic heterocycles. The number of anilines is 8. The molecule has 0 saturated carbocycles. The number of aromatic nitrogens is 4. The third-order valence-electron chi connectivity index (χ3n) is 10.7. The number of nitriles is 1. The predicted molar refractivity (Wildman–Crippen MR) is 271 cm³/mol. The topological polar surface area (TPSA) is 322 Å². The van der Waals surface area contributed by atoms with Crippen LogP contribution in [0.3, 0.4) is 0 Å². The quantitative estimate of drug-likeness (QED) is 0.0323. The number of halogens is 2. The maximum absolute atomic E-state index is 13.1. The molecule has 0 unspecified atom stereocenters. The van der Waals surface area contributed by atoms with Crippen LogP contribution in [0.25, 0.3) is 0 Å². The largest absolute Gasteiger partial charge is 0.603 e. The van der Waals surface area contributed by atoms with Crippen LogP contribution in [0.5, 0.6) is 11.5 Å². The van der Waals surface area contributed by atoms with Crippen molar-refractivity contribution in [1.82, 2.24) is 30.6 Å². The number of benzene rings is 2. The molecule has 0 saturated heterocycles. The Bertz CT molecular complexity index is 3100. The predicted octanol–water partition coefficient (Wildman–Crippen LogP) is 5.38. The lowest BCUT2D eigenvalue weighted by Crippen LogP contribution is -2.51. The molecule has 0 fully saturated rings. The van der Waals surface area contributed by atoms with Gasteiger partial charge in [-0.05, 0) is 76.4 Å². The highest BCUT2D eigenvalue weighted by atomic mass is 32.2. The van der Waals surface area contributed by atoms with Gasteiger partial charge >= 0.3 is 10.2 Å². The van der Waals surface area contributed by atoms with E-state index in [1.165, 1.54) is 71.0 Å². The van der Waals surface area contributed by atoms with Crippen molar-refractivity contribution < 1.29 is 54.8 Å². The van der Waals surface area contributed by atoms with E-state index in [0.717, 1.165) is 19.5 Å².